The molecule has 0 saturated heterocycles. The van der Waals surface area contributed by atoms with E-state index in [9.17, 15) is 4.79 Å². The molecule has 1 rings (SSSR count). The maximum atomic E-state index is 10.7. The van der Waals surface area contributed by atoms with Gasteiger partial charge in [0.2, 0.25) is 0 Å². The molecule has 0 unspecified atom stereocenters. The number of aryl methyl sites for hydroxylation is 2. The van der Waals surface area contributed by atoms with E-state index < -0.39 is 5.97 Å². The Balaban J connectivity index is 3.04. The highest BCUT2D eigenvalue weighted by Gasteiger charge is 2.12. The van der Waals surface area contributed by atoms with E-state index in [0.717, 1.165) is 16.0 Å². The summed E-state index contributed by atoms with van der Waals surface area (Å²) in [5, 5.41) is 9.01. The number of nitrogens with one attached hydrogen (secondary N) is 1. The van der Waals surface area contributed by atoms with Crippen molar-refractivity contribution in [3.8, 4) is 0 Å². The summed E-state index contributed by atoms with van der Waals surface area (Å²) in [5.74, 6) is 4.07. The molecule has 0 aliphatic rings. The van der Waals surface area contributed by atoms with E-state index in [-0.39, 0.29) is 10.7 Å². The van der Waals surface area contributed by atoms with Crippen molar-refractivity contribution in [2.75, 3.05) is 0 Å². The van der Waals surface area contributed by atoms with Gasteiger partial charge in [0.15, 0.2) is 0 Å². The van der Waals surface area contributed by atoms with Gasteiger partial charge in [0.05, 0.1) is 0 Å². The second kappa shape index (κ2) is 5.60. The lowest BCUT2D eigenvalue weighted by atomic mass is 10.2. The molecule has 0 atom stereocenters. The quantitative estimate of drug-likeness (QED) is 0.277. The summed E-state index contributed by atoms with van der Waals surface area (Å²) in [6, 6.07) is 5.86. The number of carbonyl (C=O) groups is 1. The van der Waals surface area contributed by atoms with Crippen LogP contribution < -0.4 is 17.0 Å². The van der Waals surface area contributed by atoms with Gasteiger partial charge in [0.1, 0.15) is 10.7 Å². The minimum Gasteiger partial charge on any atom is -0.477 e. The Bertz CT molecular complexity index is 472. The molecule has 6 heteroatoms. The third kappa shape index (κ3) is 3.40. The largest absolute Gasteiger partial charge is 0.477 e. The third-order valence-electron chi connectivity index (χ3n) is 2.15. The number of carboxylic acid groups (broad SMARTS) is 1. The fourth-order valence-corrected chi connectivity index (χ4v) is 2.12. The zero-order valence-electron chi connectivity index (χ0n) is 9.65. The maximum Gasteiger partial charge on any atom is 0.354 e. The van der Waals surface area contributed by atoms with Crippen LogP contribution in [0.25, 0.3) is 0 Å². The van der Waals surface area contributed by atoms with Crippen molar-refractivity contribution in [2.45, 2.75) is 18.7 Å². The van der Waals surface area contributed by atoms with E-state index in [1.165, 1.54) is 11.8 Å². The molecular weight excluding hydrogens is 238 g/mol. The van der Waals surface area contributed by atoms with Crippen molar-refractivity contribution in [2.24, 2.45) is 11.6 Å². The van der Waals surface area contributed by atoms with Crippen LogP contribution in [0.3, 0.4) is 0 Å². The summed E-state index contributed by atoms with van der Waals surface area (Å²) in [6.45, 7) is 3.94. The monoisotopic (exact) mass is 253 g/mol. The number of hydrogen-bond donors (Lipinski definition) is 4. The first-order valence-electron chi connectivity index (χ1n) is 4.90. The molecule has 6 N–H and O–H groups in total. The Labute approximate surface area is 104 Å². The number of nitrogens with two attached hydrogens (primary N) is 2. The van der Waals surface area contributed by atoms with Gasteiger partial charge < -0.3 is 16.3 Å². The van der Waals surface area contributed by atoms with Gasteiger partial charge in [-0.3, -0.25) is 0 Å². The average molecular weight is 253 g/mol. The molecule has 0 radical (unpaired) electrons. The topological polar surface area (TPSA) is 101 Å². The van der Waals surface area contributed by atoms with Gasteiger partial charge in [-0.15, -0.1) is 0 Å². The molecule has 0 aromatic heterocycles. The summed E-state index contributed by atoms with van der Waals surface area (Å²) >= 11 is 1.20. The van der Waals surface area contributed by atoms with Crippen LogP contribution in [0.5, 0.6) is 0 Å². The minimum atomic E-state index is -1.20. The van der Waals surface area contributed by atoms with Crippen molar-refractivity contribution in [3.05, 3.63) is 40.1 Å². The molecule has 5 nitrogen and oxygen atoms in total. The molecule has 0 fully saturated rings. The molecule has 0 amide bonds. The van der Waals surface area contributed by atoms with Gasteiger partial charge in [0, 0.05) is 4.90 Å². The molecule has 92 valence electrons. The lowest BCUT2D eigenvalue weighted by molar-refractivity contribution is -0.132. The first kappa shape index (κ1) is 13.4. The summed E-state index contributed by atoms with van der Waals surface area (Å²) in [6.07, 6.45) is 0. The minimum absolute atomic E-state index is 0.226. The number of benzene rings is 1. The summed E-state index contributed by atoms with van der Waals surface area (Å²) in [5.41, 5.74) is 9.62. The van der Waals surface area contributed by atoms with Gasteiger partial charge in [0.25, 0.3) is 0 Å². The molecule has 1 aromatic rings. The summed E-state index contributed by atoms with van der Waals surface area (Å²) < 4.78 is 0. The van der Waals surface area contributed by atoms with E-state index in [4.69, 9.17) is 16.7 Å². The van der Waals surface area contributed by atoms with Crippen molar-refractivity contribution < 1.29 is 9.90 Å². The molecule has 0 saturated carbocycles. The first-order chi connectivity index (χ1) is 7.95. The van der Waals surface area contributed by atoms with Crippen molar-refractivity contribution in [1.82, 2.24) is 5.43 Å². The van der Waals surface area contributed by atoms with Crippen LogP contribution in [0.4, 0.5) is 0 Å². The summed E-state index contributed by atoms with van der Waals surface area (Å²) in [4.78, 5) is 11.6. The van der Waals surface area contributed by atoms with Gasteiger partial charge in [-0.2, -0.15) is 0 Å². The number of hydrazine groups is 1. The smallest absolute Gasteiger partial charge is 0.354 e. The highest BCUT2D eigenvalue weighted by molar-refractivity contribution is 8.03. The van der Waals surface area contributed by atoms with Crippen LogP contribution in [-0.2, 0) is 4.79 Å². The average Bonchev–Trinajstić information content (AvgIpc) is 2.27. The van der Waals surface area contributed by atoms with Crippen molar-refractivity contribution in [3.63, 3.8) is 0 Å². The predicted molar refractivity (Wildman–Crippen MR) is 67.9 cm³/mol. The van der Waals surface area contributed by atoms with E-state index >= 15 is 0 Å². The van der Waals surface area contributed by atoms with Gasteiger partial charge in [-0.1, -0.05) is 29.5 Å². The SMILES string of the molecule is Cc1ccc(S/C(NN)=C(/N)C(=O)O)c(C)c1. The lowest BCUT2D eigenvalue weighted by Gasteiger charge is -2.10. The van der Waals surface area contributed by atoms with Crippen molar-refractivity contribution >= 4 is 17.7 Å². The van der Waals surface area contributed by atoms with Gasteiger partial charge in [-0.05, 0) is 25.5 Å². The van der Waals surface area contributed by atoms with E-state index in [1.807, 2.05) is 32.0 Å². The van der Waals surface area contributed by atoms with Crippen molar-refractivity contribution in [1.29, 1.82) is 0 Å². The second-order valence-corrected chi connectivity index (χ2v) is 4.62. The molecule has 0 aliphatic carbocycles. The number of rotatable bonds is 4. The molecular formula is C11H15N3O2S. The van der Waals surface area contributed by atoms with Gasteiger partial charge in [-0.25, -0.2) is 10.6 Å². The Morgan fingerprint density at radius 1 is 1.41 bits per heavy atom. The van der Waals surface area contributed by atoms with Crippen LogP contribution in [0.2, 0.25) is 0 Å². The second-order valence-electron chi connectivity index (χ2n) is 3.56. The fraction of sp³-hybridized carbons (Fsp3) is 0.182. The van der Waals surface area contributed by atoms with Gasteiger partial charge >= 0.3 is 5.97 Å². The molecule has 0 bridgehead atoms. The molecule has 17 heavy (non-hydrogen) atoms. The van der Waals surface area contributed by atoms with E-state index in [0.29, 0.717) is 0 Å². The number of hydrogen-bond acceptors (Lipinski definition) is 5. The molecule has 1 aromatic carbocycles. The fourth-order valence-electron chi connectivity index (χ4n) is 1.28. The highest BCUT2D eigenvalue weighted by atomic mass is 32.2. The standard InChI is InChI=1S/C11H15N3O2S/c1-6-3-4-8(7(2)5-6)17-10(14-13)9(12)11(15)16/h3-5,14H,12-13H2,1-2H3,(H,15,16)/b10-9+. The highest BCUT2D eigenvalue weighted by Crippen LogP contribution is 2.28. The number of thioether (sulfide) groups is 1. The third-order valence-corrected chi connectivity index (χ3v) is 3.37. The van der Waals surface area contributed by atoms with Crippen LogP contribution in [0.1, 0.15) is 11.1 Å². The molecule has 0 aliphatic heterocycles. The Hall–Kier alpha value is -1.66. The Morgan fingerprint density at radius 2 is 2.06 bits per heavy atom. The first-order valence-corrected chi connectivity index (χ1v) is 5.72. The maximum absolute atomic E-state index is 10.7. The van der Waals surface area contributed by atoms with Crippen LogP contribution in [0.15, 0.2) is 33.8 Å². The normalized spacial score (nSPS) is 11.9. The number of aliphatic carboxylic acids is 1. The lowest BCUT2D eigenvalue weighted by Crippen LogP contribution is -2.26. The van der Waals surface area contributed by atoms with E-state index in [2.05, 4.69) is 5.43 Å². The Morgan fingerprint density at radius 3 is 2.53 bits per heavy atom. The van der Waals surface area contributed by atoms with Crippen LogP contribution in [0, 0.1) is 13.8 Å². The number of carboxylic acids is 1. The predicted octanol–water partition coefficient (Wildman–Crippen LogP) is 1.07. The van der Waals surface area contributed by atoms with Crippen LogP contribution in [-0.4, -0.2) is 11.1 Å². The molecule has 0 heterocycles. The molecule has 0 spiro atoms. The summed E-state index contributed by atoms with van der Waals surface area (Å²) in [7, 11) is 0. The van der Waals surface area contributed by atoms with E-state index in [1.54, 1.807) is 0 Å². The zero-order valence-corrected chi connectivity index (χ0v) is 10.5. The zero-order chi connectivity index (χ0) is 13.0. The Kier molecular flexibility index (Phi) is 4.42. The van der Waals surface area contributed by atoms with Crippen LogP contribution >= 0.6 is 11.8 Å².